The lowest BCUT2D eigenvalue weighted by Gasteiger charge is -2.37. The molecule has 3 rings (SSSR count). The lowest BCUT2D eigenvalue weighted by Crippen LogP contribution is -2.62. The normalized spacial score (nSPS) is 14.6. The number of likely N-dealkylation sites (tertiary alicyclic amines) is 1. The number of hydrogen-bond donors (Lipinski definition) is 2. The van der Waals surface area contributed by atoms with E-state index in [1.54, 1.807) is 6.07 Å². The molecule has 1 aromatic carbocycles. The largest absolute Gasteiger partial charge is 0.355 e. The molecule has 1 saturated heterocycles. The van der Waals surface area contributed by atoms with Gasteiger partial charge < -0.3 is 20.5 Å². The highest BCUT2D eigenvalue weighted by molar-refractivity contribution is 5.93. The van der Waals surface area contributed by atoms with Crippen LogP contribution in [0.4, 0.5) is 4.79 Å². The Balaban J connectivity index is 1.62. The fourth-order valence-electron chi connectivity index (χ4n) is 2.13. The second-order valence-electron chi connectivity index (χ2n) is 4.86. The maximum absolute atomic E-state index is 12.0. The Hall–Kier alpha value is -2.83. The van der Waals surface area contributed by atoms with Crippen LogP contribution in [0.15, 0.2) is 40.9 Å². The number of hydrogen-bond acceptors (Lipinski definition) is 4. The number of primary amides is 1. The smallest absolute Gasteiger partial charge is 0.314 e. The summed E-state index contributed by atoms with van der Waals surface area (Å²) in [6.45, 7) is 0.842. The lowest BCUT2D eigenvalue weighted by molar-refractivity contribution is 0.0852. The van der Waals surface area contributed by atoms with Gasteiger partial charge in [0.2, 0.25) is 0 Å². The molecular weight excluding hydrogens is 272 g/mol. The summed E-state index contributed by atoms with van der Waals surface area (Å²) in [4.78, 5) is 24.3. The van der Waals surface area contributed by atoms with E-state index in [1.165, 1.54) is 4.90 Å². The molecule has 3 amide bonds. The zero-order chi connectivity index (χ0) is 14.8. The molecule has 0 aliphatic carbocycles. The zero-order valence-electron chi connectivity index (χ0n) is 11.2. The van der Waals surface area contributed by atoms with E-state index in [1.807, 2.05) is 30.3 Å². The summed E-state index contributed by atoms with van der Waals surface area (Å²) in [6, 6.07) is 10.4. The van der Waals surface area contributed by atoms with E-state index >= 15 is 0 Å². The minimum absolute atomic E-state index is 0.0955. The molecule has 1 aliphatic rings. The molecule has 0 bridgehead atoms. The zero-order valence-corrected chi connectivity index (χ0v) is 11.2. The number of rotatable bonds is 3. The van der Waals surface area contributed by atoms with Crippen LogP contribution in [0.5, 0.6) is 0 Å². The molecule has 0 radical (unpaired) electrons. The summed E-state index contributed by atoms with van der Waals surface area (Å²) < 4.78 is 5.17. The molecule has 0 unspecified atom stereocenters. The van der Waals surface area contributed by atoms with Crippen LogP contribution in [0, 0.1) is 0 Å². The van der Waals surface area contributed by atoms with E-state index in [9.17, 15) is 9.59 Å². The summed E-state index contributed by atoms with van der Waals surface area (Å²) in [5, 5.41) is 6.54. The minimum Gasteiger partial charge on any atom is -0.355 e. The number of aromatic nitrogens is 1. The molecule has 2 heterocycles. The van der Waals surface area contributed by atoms with Crippen molar-refractivity contribution in [3.05, 3.63) is 42.1 Å². The van der Waals surface area contributed by atoms with Gasteiger partial charge in [-0.3, -0.25) is 4.79 Å². The molecule has 108 valence electrons. The van der Waals surface area contributed by atoms with Crippen LogP contribution in [-0.2, 0) is 0 Å². The predicted octanol–water partition coefficient (Wildman–Crippen LogP) is 0.834. The Morgan fingerprint density at radius 3 is 2.67 bits per heavy atom. The number of carbonyl (C=O) groups is 2. The maximum Gasteiger partial charge on any atom is 0.314 e. The van der Waals surface area contributed by atoms with Gasteiger partial charge in [0, 0.05) is 24.7 Å². The summed E-state index contributed by atoms with van der Waals surface area (Å²) in [6.07, 6.45) is 0. The first-order chi connectivity index (χ1) is 10.1. The molecule has 0 atom stereocenters. The topological polar surface area (TPSA) is 101 Å². The molecule has 1 fully saturated rings. The Morgan fingerprint density at radius 1 is 1.29 bits per heavy atom. The van der Waals surface area contributed by atoms with Crippen molar-refractivity contribution in [3.8, 4) is 11.3 Å². The first-order valence-electron chi connectivity index (χ1n) is 6.51. The Labute approximate surface area is 120 Å². The highest BCUT2D eigenvalue weighted by Crippen LogP contribution is 2.19. The average molecular weight is 286 g/mol. The van der Waals surface area contributed by atoms with Gasteiger partial charge in [0.1, 0.15) is 0 Å². The van der Waals surface area contributed by atoms with Crippen LogP contribution < -0.4 is 11.1 Å². The van der Waals surface area contributed by atoms with Crippen molar-refractivity contribution >= 4 is 11.9 Å². The molecule has 0 saturated carbocycles. The number of nitrogens with one attached hydrogen (secondary N) is 1. The van der Waals surface area contributed by atoms with E-state index in [0.717, 1.165) is 5.56 Å². The van der Waals surface area contributed by atoms with Crippen molar-refractivity contribution in [3.63, 3.8) is 0 Å². The molecule has 21 heavy (non-hydrogen) atoms. The summed E-state index contributed by atoms with van der Waals surface area (Å²) in [5.41, 5.74) is 6.19. The van der Waals surface area contributed by atoms with Gasteiger partial charge in [-0.25, -0.2) is 4.79 Å². The van der Waals surface area contributed by atoms with E-state index in [-0.39, 0.29) is 17.6 Å². The van der Waals surface area contributed by atoms with Crippen LogP contribution in [0.1, 0.15) is 10.5 Å². The number of nitrogens with zero attached hydrogens (tertiary/aromatic N) is 2. The van der Waals surface area contributed by atoms with Crippen LogP contribution >= 0.6 is 0 Å². The number of carbonyl (C=O) groups excluding carboxylic acids is 2. The molecule has 7 nitrogen and oxygen atoms in total. The van der Waals surface area contributed by atoms with Crippen molar-refractivity contribution in [2.75, 3.05) is 13.1 Å². The second-order valence-corrected chi connectivity index (χ2v) is 4.86. The Kier molecular flexibility index (Phi) is 3.31. The van der Waals surface area contributed by atoms with Gasteiger partial charge in [-0.05, 0) is 0 Å². The third-order valence-electron chi connectivity index (χ3n) is 3.33. The van der Waals surface area contributed by atoms with Crippen molar-refractivity contribution < 1.29 is 14.1 Å². The highest BCUT2D eigenvalue weighted by atomic mass is 16.5. The van der Waals surface area contributed by atoms with Crippen molar-refractivity contribution in [2.45, 2.75) is 6.04 Å². The minimum atomic E-state index is -0.478. The van der Waals surface area contributed by atoms with Crippen LogP contribution in [0.2, 0.25) is 0 Å². The fraction of sp³-hybridized carbons (Fsp3) is 0.214. The number of nitrogens with two attached hydrogens (primary N) is 1. The van der Waals surface area contributed by atoms with Crippen LogP contribution in [-0.4, -0.2) is 41.1 Å². The molecule has 2 aromatic rings. The standard InChI is InChI=1S/C14H14N4O3/c15-14(20)18-7-10(8-18)16-13(19)11-6-12(21-17-11)9-4-2-1-3-5-9/h1-6,10H,7-8H2,(H2,15,20)(H,16,19). The predicted molar refractivity (Wildman–Crippen MR) is 74.3 cm³/mol. The van der Waals surface area contributed by atoms with Crippen molar-refractivity contribution in [1.29, 1.82) is 0 Å². The average Bonchev–Trinajstić information content (AvgIpc) is 2.92. The molecule has 1 aromatic heterocycles. The number of urea groups is 1. The fourth-order valence-corrected chi connectivity index (χ4v) is 2.13. The molecule has 0 spiro atoms. The Morgan fingerprint density at radius 2 is 2.00 bits per heavy atom. The van der Waals surface area contributed by atoms with Gasteiger partial charge in [0.25, 0.3) is 5.91 Å². The quantitative estimate of drug-likeness (QED) is 0.872. The number of benzene rings is 1. The monoisotopic (exact) mass is 286 g/mol. The van der Waals surface area contributed by atoms with E-state index in [2.05, 4.69) is 10.5 Å². The van der Waals surface area contributed by atoms with E-state index in [0.29, 0.717) is 18.8 Å². The first-order valence-corrected chi connectivity index (χ1v) is 6.51. The third kappa shape index (κ3) is 2.71. The highest BCUT2D eigenvalue weighted by Gasteiger charge is 2.31. The Bertz CT molecular complexity index is 662. The maximum atomic E-state index is 12.0. The summed E-state index contributed by atoms with van der Waals surface area (Å²) in [5.74, 6) is 0.211. The lowest BCUT2D eigenvalue weighted by atomic mass is 10.1. The van der Waals surface area contributed by atoms with Crippen LogP contribution in [0.3, 0.4) is 0 Å². The molecular formula is C14H14N4O3. The van der Waals surface area contributed by atoms with Crippen molar-refractivity contribution in [2.24, 2.45) is 5.73 Å². The third-order valence-corrected chi connectivity index (χ3v) is 3.33. The second kappa shape index (κ2) is 5.28. The molecule has 3 N–H and O–H groups in total. The van der Waals surface area contributed by atoms with Gasteiger partial charge >= 0.3 is 6.03 Å². The SMILES string of the molecule is NC(=O)N1CC(NC(=O)c2cc(-c3ccccc3)on2)C1. The van der Waals surface area contributed by atoms with Crippen LogP contribution in [0.25, 0.3) is 11.3 Å². The summed E-state index contributed by atoms with van der Waals surface area (Å²) >= 11 is 0. The van der Waals surface area contributed by atoms with E-state index in [4.69, 9.17) is 10.3 Å². The van der Waals surface area contributed by atoms with Gasteiger partial charge in [-0.1, -0.05) is 35.5 Å². The van der Waals surface area contributed by atoms with Gasteiger partial charge in [-0.15, -0.1) is 0 Å². The van der Waals surface area contributed by atoms with Gasteiger partial charge in [0.15, 0.2) is 11.5 Å². The van der Waals surface area contributed by atoms with Crippen molar-refractivity contribution in [1.82, 2.24) is 15.4 Å². The molecule has 1 aliphatic heterocycles. The van der Waals surface area contributed by atoms with E-state index < -0.39 is 6.03 Å². The van der Waals surface area contributed by atoms with Gasteiger partial charge in [-0.2, -0.15) is 0 Å². The number of amides is 3. The van der Waals surface area contributed by atoms with Gasteiger partial charge in [0.05, 0.1) is 6.04 Å². The first kappa shape index (κ1) is 13.2. The molecule has 7 heteroatoms. The summed E-state index contributed by atoms with van der Waals surface area (Å²) in [7, 11) is 0.